The van der Waals surface area contributed by atoms with Crippen molar-refractivity contribution in [2.24, 2.45) is 0 Å². The monoisotopic (exact) mass is 324 g/mol. The second-order valence-electron chi connectivity index (χ2n) is 5.13. The van der Waals surface area contributed by atoms with Crippen LogP contribution in [0.2, 0.25) is 0 Å². The summed E-state index contributed by atoms with van der Waals surface area (Å²) in [5, 5.41) is 22.2. The Bertz CT molecular complexity index is 792. The van der Waals surface area contributed by atoms with Crippen LogP contribution in [0.3, 0.4) is 0 Å². The molecule has 2 heterocycles. The molecular formula is C16H15BN3O4. The molecule has 1 aromatic carbocycles. The molecule has 3 rings (SSSR count). The third-order valence-corrected chi connectivity index (χ3v) is 3.47. The number of nitrogens with one attached hydrogen (secondary N) is 1. The largest absolute Gasteiger partial charge is 0.504 e. The highest BCUT2D eigenvalue weighted by Crippen LogP contribution is 2.32. The van der Waals surface area contributed by atoms with Crippen LogP contribution in [-0.4, -0.2) is 37.8 Å². The molecule has 1 aliphatic heterocycles. The number of methoxy groups -OCH3 is 1. The number of aromatic hydroxyl groups is 1. The molecule has 0 aliphatic carbocycles. The summed E-state index contributed by atoms with van der Waals surface area (Å²) in [5.74, 6) is 0.958. The smallest absolute Gasteiger partial charge is 0.330 e. The summed E-state index contributed by atoms with van der Waals surface area (Å²) in [6.45, 7) is 1.44. The van der Waals surface area contributed by atoms with Gasteiger partial charge in [0.05, 0.1) is 18.8 Å². The van der Waals surface area contributed by atoms with E-state index in [-0.39, 0.29) is 17.4 Å². The Balaban J connectivity index is 1.82. The Morgan fingerprint density at radius 3 is 3.12 bits per heavy atom. The molecule has 2 N–H and O–H groups in total. The van der Waals surface area contributed by atoms with Crippen molar-refractivity contribution < 1.29 is 19.2 Å². The van der Waals surface area contributed by atoms with Gasteiger partial charge in [0.15, 0.2) is 11.5 Å². The zero-order valence-electron chi connectivity index (χ0n) is 13.1. The lowest BCUT2D eigenvalue weighted by Crippen LogP contribution is -2.11. The molecule has 0 unspecified atom stereocenters. The van der Waals surface area contributed by atoms with Crippen molar-refractivity contribution in [3.8, 4) is 23.4 Å². The summed E-state index contributed by atoms with van der Waals surface area (Å²) >= 11 is 0. The molecule has 0 saturated carbocycles. The summed E-state index contributed by atoms with van der Waals surface area (Å²) in [4.78, 5) is 4.28. The van der Waals surface area contributed by atoms with E-state index in [1.807, 2.05) is 0 Å². The van der Waals surface area contributed by atoms with E-state index in [1.165, 1.54) is 0 Å². The van der Waals surface area contributed by atoms with Gasteiger partial charge < -0.3 is 24.6 Å². The van der Waals surface area contributed by atoms with Crippen LogP contribution in [0.15, 0.2) is 24.3 Å². The second kappa shape index (κ2) is 7.21. The molecule has 2 aromatic rings. The fraction of sp³-hybridized carbons (Fsp3) is 0.250. The maximum absolute atomic E-state index is 10.1. The molecule has 0 amide bonds. The Morgan fingerprint density at radius 2 is 2.33 bits per heavy atom. The van der Waals surface area contributed by atoms with E-state index in [0.717, 1.165) is 11.0 Å². The molecule has 0 spiro atoms. The zero-order valence-corrected chi connectivity index (χ0v) is 13.1. The van der Waals surface area contributed by atoms with Gasteiger partial charge in [-0.05, 0) is 29.2 Å². The minimum absolute atomic E-state index is 0.00412. The number of ether oxygens (including phenoxy) is 2. The molecule has 0 atom stereocenters. The number of phenols is 1. The van der Waals surface area contributed by atoms with E-state index in [0.29, 0.717) is 31.1 Å². The van der Waals surface area contributed by atoms with E-state index in [1.54, 1.807) is 38.9 Å². The minimum Gasteiger partial charge on any atom is -0.504 e. The number of nitriles is 1. The van der Waals surface area contributed by atoms with Crippen molar-refractivity contribution in [3.63, 3.8) is 0 Å². The Hall–Kier alpha value is -2.76. The molecule has 0 saturated heterocycles. The Morgan fingerprint density at radius 1 is 1.46 bits per heavy atom. The van der Waals surface area contributed by atoms with Crippen molar-refractivity contribution in [3.05, 3.63) is 35.4 Å². The quantitative estimate of drug-likeness (QED) is 0.610. The van der Waals surface area contributed by atoms with Gasteiger partial charge in [0.1, 0.15) is 11.9 Å². The average molecular weight is 324 g/mol. The number of aromatic nitrogens is 1. The first-order valence-electron chi connectivity index (χ1n) is 7.34. The zero-order chi connectivity index (χ0) is 16.9. The molecule has 1 aromatic heterocycles. The predicted octanol–water partition coefficient (Wildman–Crippen LogP) is 1.28. The maximum atomic E-state index is 10.1. The third kappa shape index (κ3) is 3.43. The first kappa shape index (κ1) is 16.1. The van der Waals surface area contributed by atoms with Crippen LogP contribution in [0.5, 0.6) is 17.4 Å². The number of nitrogens with zero attached hydrogens (tertiary/aromatic N) is 2. The summed E-state index contributed by atoms with van der Waals surface area (Å²) in [5.41, 5.74) is 2.16. The Kier molecular flexibility index (Phi) is 4.84. The van der Waals surface area contributed by atoms with E-state index < -0.39 is 0 Å². The molecule has 0 bridgehead atoms. The number of hydrogen-bond donors (Lipinski definition) is 2. The van der Waals surface area contributed by atoms with Crippen LogP contribution >= 0.6 is 0 Å². The van der Waals surface area contributed by atoms with Crippen LogP contribution in [0, 0.1) is 11.3 Å². The summed E-state index contributed by atoms with van der Waals surface area (Å²) in [6.07, 6.45) is 0. The predicted molar refractivity (Wildman–Crippen MR) is 87.7 cm³/mol. The lowest BCUT2D eigenvalue weighted by atomic mass is 9.87. The number of fused-ring (bicyclic) bond motifs is 1. The van der Waals surface area contributed by atoms with Gasteiger partial charge >= 0.3 is 7.48 Å². The van der Waals surface area contributed by atoms with Crippen molar-refractivity contribution in [2.75, 3.05) is 25.6 Å². The van der Waals surface area contributed by atoms with Gasteiger partial charge in [0.2, 0.25) is 5.88 Å². The lowest BCUT2D eigenvalue weighted by molar-refractivity contribution is 0.210. The van der Waals surface area contributed by atoms with Crippen molar-refractivity contribution in [1.29, 1.82) is 5.26 Å². The highest BCUT2D eigenvalue weighted by molar-refractivity contribution is 6.49. The molecule has 121 valence electrons. The summed E-state index contributed by atoms with van der Waals surface area (Å²) < 4.78 is 15.9. The minimum atomic E-state index is -0.00412. The van der Waals surface area contributed by atoms with Crippen LogP contribution < -0.4 is 15.5 Å². The highest BCUT2D eigenvalue weighted by atomic mass is 16.5. The topological polar surface area (TPSA) is 96.6 Å². The first-order chi connectivity index (χ1) is 11.7. The average Bonchev–Trinajstić information content (AvgIpc) is 3.03. The third-order valence-electron chi connectivity index (χ3n) is 3.47. The van der Waals surface area contributed by atoms with E-state index in [4.69, 9.17) is 19.4 Å². The van der Waals surface area contributed by atoms with Gasteiger partial charge in [-0.3, -0.25) is 0 Å². The van der Waals surface area contributed by atoms with Crippen LogP contribution in [0.25, 0.3) is 0 Å². The van der Waals surface area contributed by atoms with Crippen molar-refractivity contribution in [1.82, 2.24) is 4.98 Å². The van der Waals surface area contributed by atoms with Gasteiger partial charge in [0, 0.05) is 19.7 Å². The Labute approximate surface area is 140 Å². The SMILES string of the molecule is COCCNc1nc(Oc2cc3c(cc2O)[B]OC3)ccc1C#N. The van der Waals surface area contributed by atoms with Gasteiger partial charge in [-0.15, -0.1) is 0 Å². The molecule has 8 heteroatoms. The molecular weight excluding hydrogens is 309 g/mol. The van der Waals surface area contributed by atoms with E-state index >= 15 is 0 Å². The first-order valence-corrected chi connectivity index (χ1v) is 7.34. The number of rotatable bonds is 6. The number of benzene rings is 1. The maximum Gasteiger partial charge on any atom is 0.330 e. The van der Waals surface area contributed by atoms with Gasteiger partial charge in [-0.1, -0.05) is 0 Å². The van der Waals surface area contributed by atoms with Crippen molar-refractivity contribution in [2.45, 2.75) is 6.61 Å². The molecule has 1 aliphatic rings. The summed E-state index contributed by atoms with van der Waals surface area (Å²) in [6, 6.07) is 8.55. The van der Waals surface area contributed by atoms with E-state index in [9.17, 15) is 5.11 Å². The molecule has 24 heavy (non-hydrogen) atoms. The van der Waals surface area contributed by atoms with Crippen LogP contribution in [-0.2, 0) is 16.0 Å². The van der Waals surface area contributed by atoms with Gasteiger partial charge in [-0.2, -0.15) is 10.2 Å². The molecule has 7 nitrogen and oxygen atoms in total. The standard InChI is InChI=1S/C16H15BN3O4/c1-22-5-4-19-16-10(8-18)2-3-15(20-16)24-14-6-11-9-23-17-12(11)7-13(14)21/h2-3,6-7,21H,4-5,9H2,1H3,(H,19,20). The highest BCUT2D eigenvalue weighted by Gasteiger charge is 2.18. The molecule has 1 radical (unpaired) electrons. The number of anilines is 1. The van der Waals surface area contributed by atoms with Gasteiger partial charge in [-0.25, -0.2) is 0 Å². The second-order valence-corrected chi connectivity index (χ2v) is 5.13. The van der Waals surface area contributed by atoms with Crippen molar-refractivity contribution >= 4 is 18.8 Å². The fourth-order valence-corrected chi connectivity index (χ4v) is 2.27. The molecule has 0 fully saturated rings. The number of pyridine rings is 1. The summed E-state index contributed by atoms with van der Waals surface area (Å²) in [7, 11) is 3.19. The normalized spacial score (nSPS) is 12.2. The van der Waals surface area contributed by atoms with Crippen LogP contribution in [0.1, 0.15) is 11.1 Å². The van der Waals surface area contributed by atoms with E-state index in [2.05, 4.69) is 16.4 Å². The lowest BCUT2D eigenvalue weighted by Gasteiger charge is -2.11. The fourth-order valence-electron chi connectivity index (χ4n) is 2.27. The van der Waals surface area contributed by atoms with Gasteiger partial charge in [0.25, 0.3) is 0 Å². The number of hydrogen-bond acceptors (Lipinski definition) is 7. The number of phenolic OH excluding ortho intramolecular Hbond substituents is 1. The van der Waals surface area contributed by atoms with Crippen LogP contribution in [0.4, 0.5) is 5.82 Å².